The molecule has 1 aromatic rings. The van der Waals surface area contributed by atoms with Crippen molar-refractivity contribution in [1.29, 1.82) is 0 Å². The van der Waals surface area contributed by atoms with Crippen LogP contribution in [0.5, 0.6) is 0 Å². The Morgan fingerprint density at radius 2 is 1.69 bits per heavy atom. The molecule has 4 nitrogen and oxygen atoms in total. The third-order valence-electron chi connectivity index (χ3n) is 6.40. The average molecular weight is 471 g/mol. The smallest absolute Gasteiger partial charge is 0.191 e. The molecule has 0 bridgehead atoms. The molecular weight excluding hydrogens is 437 g/mol. The van der Waals surface area contributed by atoms with E-state index in [0.717, 1.165) is 32.1 Å². The van der Waals surface area contributed by atoms with Crippen LogP contribution in [0.3, 0.4) is 0 Å². The van der Waals surface area contributed by atoms with E-state index < -0.39 is 0 Å². The lowest BCUT2D eigenvalue weighted by atomic mass is 9.64. The van der Waals surface area contributed by atoms with Gasteiger partial charge in [-0.3, -0.25) is 4.99 Å². The lowest BCUT2D eigenvalue weighted by Crippen LogP contribution is -2.51. The molecule has 146 valence electrons. The maximum Gasteiger partial charge on any atom is 0.191 e. The van der Waals surface area contributed by atoms with E-state index in [9.17, 15) is 0 Å². The maximum atomic E-state index is 5.30. The summed E-state index contributed by atoms with van der Waals surface area (Å²) in [5, 5.41) is 7.17. The molecule has 0 radical (unpaired) electrons. The standard InChI is InChI=1S/C21H33N3O.HI/c1-22-19(23-16-20(10-6-11-20)14-15-25-2)24-17-21(12-7-13-21)18-8-4-3-5-9-18;/h3-5,8-9H,6-7,10-17H2,1-2H3,(H2,22,23,24);1H. The molecule has 0 heterocycles. The monoisotopic (exact) mass is 471 g/mol. The second kappa shape index (κ2) is 9.93. The number of guanidine groups is 1. The zero-order valence-corrected chi connectivity index (χ0v) is 18.6. The van der Waals surface area contributed by atoms with Crippen LogP contribution in [0.15, 0.2) is 35.3 Å². The Morgan fingerprint density at radius 3 is 2.19 bits per heavy atom. The predicted octanol–water partition coefficient (Wildman–Crippen LogP) is 4.10. The molecule has 2 aliphatic carbocycles. The lowest BCUT2D eigenvalue weighted by Gasteiger charge is -2.44. The molecule has 2 N–H and O–H groups in total. The Labute approximate surface area is 175 Å². The van der Waals surface area contributed by atoms with Gasteiger partial charge in [-0.2, -0.15) is 0 Å². The molecule has 2 saturated carbocycles. The van der Waals surface area contributed by atoms with Crippen LogP contribution in [0.4, 0.5) is 0 Å². The van der Waals surface area contributed by atoms with E-state index in [-0.39, 0.29) is 29.4 Å². The summed E-state index contributed by atoms with van der Waals surface area (Å²) >= 11 is 0. The van der Waals surface area contributed by atoms with Crippen LogP contribution in [0.25, 0.3) is 0 Å². The third-order valence-corrected chi connectivity index (χ3v) is 6.40. The van der Waals surface area contributed by atoms with E-state index in [1.807, 2.05) is 7.05 Å². The number of benzene rings is 1. The largest absolute Gasteiger partial charge is 0.385 e. The Morgan fingerprint density at radius 1 is 1.04 bits per heavy atom. The molecule has 0 saturated heterocycles. The number of hydrogen-bond donors (Lipinski definition) is 2. The van der Waals surface area contributed by atoms with Gasteiger partial charge in [-0.1, -0.05) is 43.2 Å². The molecular formula is C21H34IN3O. The van der Waals surface area contributed by atoms with E-state index in [2.05, 4.69) is 46.0 Å². The van der Waals surface area contributed by atoms with Gasteiger partial charge in [-0.15, -0.1) is 24.0 Å². The highest BCUT2D eigenvalue weighted by Gasteiger charge is 2.39. The van der Waals surface area contributed by atoms with Crippen LogP contribution in [0.2, 0.25) is 0 Å². The van der Waals surface area contributed by atoms with Crippen molar-refractivity contribution in [3.8, 4) is 0 Å². The Bertz CT molecular complexity index is 568. The van der Waals surface area contributed by atoms with Crippen LogP contribution in [0, 0.1) is 5.41 Å². The van der Waals surface area contributed by atoms with Crippen LogP contribution in [-0.4, -0.2) is 39.8 Å². The number of nitrogens with one attached hydrogen (secondary N) is 2. The zero-order chi connectivity index (χ0) is 17.6. The van der Waals surface area contributed by atoms with E-state index in [0.29, 0.717) is 5.41 Å². The zero-order valence-electron chi connectivity index (χ0n) is 16.2. The van der Waals surface area contributed by atoms with Gasteiger partial charge < -0.3 is 15.4 Å². The average Bonchev–Trinajstić information content (AvgIpc) is 2.58. The summed E-state index contributed by atoms with van der Waals surface area (Å²) in [7, 11) is 3.66. The number of nitrogens with zero attached hydrogens (tertiary/aromatic N) is 1. The fraction of sp³-hybridized carbons (Fsp3) is 0.667. The van der Waals surface area contributed by atoms with Gasteiger partial charge in [0.15, 0.2) is 5.96 Å². The fourth-order valence-corrected chi connectivity index (χ4v) is 4.22. The van der Waals surface area contributed by atoms with E-state index in [1.54, 1.807) is 7.11 Å². The van der Waals surface area contributed by atoms with Gasteiger partial charge in [-0.25, -0.2) is 0 Å². The first-order valence-corrected chi connectivity index (χ1v) is 9.71. The predicted molar refractivity (Wildman–Crippen MR) is 120 cm³/mol. The highest BCUT2D eigenvalue weighted by Crippen LogP contribution is 2.44. The second-order valence-electron chi connectivity index (χ2n) is 7.88. The van der Waals surface area contributed by atoms with Crippen molar-refractivity contribution in [3.63, 3.8) is 0 Å². The van der Waals surface area contributed by atoms with Crippen LogP contribution in [0.1, 0.15) is 50.5 Å². The van der Waals surface area contributed by atoms with Gasteiger partial charge in [0.25, 0.3) is 0 Å². The second-order valence-corrected chi connectivity index (χ2v) is 7.88. The molecule has 0 aromatic heterocycles. The molecule has 2 fully saturated rings. The Hall–Kier alpha value is -0.820. The molecule has 0 unspecified atom stereocenters. The van der Waals surface area contributed by atoms with Gasteiger partial charge in [0.1, 0.15) is 0 Å². The van der Waals surface area contributed by atoms with Crippen LogP contribution in [-0.2, 0) is 10.2 Å². The number of aliphatic imine (C=N–C) groups is 1. The van der Waals surface area contributed by atoms with E-state index in [1.165, 1.54) is 44.1 Å². The van der Waals surface area contributed by atoms with Crippen molar-refractivity contribution >= 4 is 29.9 Å². The summed E-state index contributed by atoms with van der Waals surface area (Å²) < 4.78 is 5.30. The van der Waals surface area contributed by atoms with Crippen molar-refractivity contribution < 1.29 is 4.74 Å². The number of hydrogen-bond acceptors (Lipinski definition) is 2. The van der Waals surface area contributed by atoms with E-state index >= 15 is 0 Å². The molecule has 0 amide bonds. The first kappa shape index (κ1) is 21.5. The normalized spacial score (nSPS) is 20.3. The molecule has 0 aliphatic heterocycles. The van der Waals surface area contributed by atoms with Gasteiger partial charge in [-0.05, 0) is 43.1 Å². The minimum Gasteiger partial charge on any atom is -0.385 e. The molecule has 26 heavy (non-hydrogen) atoms. The summed E-state index contributed by atoms with van der Waals surface area (Å²) in [5.41, 5.74) is 2.14. The number of halogens is 1. The summed E-state index contributed by atoms with van der Waals surface area (Å²) in [5.74, 6) is 0.936. The fourth-order valence-electron chi connectivity index (χ4n) is 4.22. The number of ether oxygens (including phenoxy) is 1. The summed E-state index contributed by atoms with van der Waals surface area (Å²) in [6, 6.07) is 10.9. The summed E-state index contributed by atoms with van der Waals surface area (Å²) in [6.45, 7) is 2.81. The minimum absolute atomic E-state index is 0. The molecule has 5 heteroatoms. The van der Waals surface area contributed by atoms with Gasteiger partial charge in [0, 0.05) is 39.3 Å². The summed E-state index contributed by atoms with van der Waals surface area (Å²) in [6.07, 6.45) is 8.93. The van der Waals surface area contributed by atoms with Gasteiger partial charge >= 0.3 is 0 Å². The van der Waals surface area contributed by atoms with Crippen molar-refractivity contribution in [2.45, 2.75) is 50.4 Å². The van der Waals surface area contributed by atoms with E-state index in [4.69, 9.17) is 4.74 Å². The van der Waals surface area contributed by atoms with Crippen molar-refractivity contribution in [1.82, 2.24) is 10.6 Å². The van der Waals surface area contributed by atoms with Crippen molar-refractivity contribution in [2.75, 3.05) is 33.9 Å². The first-order valence-electron chi connectivity index (χ1n) is 9.71. The molecule has 1 aromatic carbocycles. The molecule has 2 aliphatic rings. The number of methoxy groups -OCH3 is 1. The van der Waals surface area contributed by atoms with Gasteiger partial charge in [0.05, 0.1) is 0 Å². The summed E-state index contributed by atoms with van der Waals surface area (Å²) in [4.78, 5) is 4.45. The maximum absolute atomic E-state index is 5.30. The highest BCUT2D eigenvalue weighted by atomic mass is 127. The Kier molecular flexibility index (Phi) is 8.20. The van der Waals surface area contributed by atoms with Crippen LogP contribution < -0.4 is 10.6 Å². The quantitative estimate of drug-likeness (QED) is 0.341. The number of rotatable bonds is 8. The van der Waals surface area contributed by atoms with Gasteiger partial charge in [0.2, 0.25) is 0 Å². The SMILES string of the molecule is CN=C(NCC1(CCOC)CCC1)NCC1(c2ccccc2)CCC1.I. The topological polar surface area (TPSA) is 45.7 Å². The van der Waals surface area contributed by atoms with Crippen molar-refractivity contribution in [2.24, 2.45) is 10.4 Å². The Balaban J connectivity index is 0.00000243. The minimum atomic E-state index is 0. The highest BCUT2D eigenvalue weighted by molar-refractivity contribution is 14.0. The lowest BCUT2D eigenvalue weighted by molar-refractivity contribution is 0.0732. The van der Waals surface area contributed by atoms with Crippen LogP contribution >= 0.6 is 24.0 Å². The first-order chi connectivity index (χ1) is 12.2. The molecule has 0 spiro atoms. The third kappa shape index (κ3) is 4.91. The molecule has 0 atom stereocenters. The molecule has 3 rings (SSSR count). The van der Waals surface area contributed by atoms with Crippen molar-refractivity contribution in [3.05, 3.63) is 35.9 Å².